The molecule has 1 heterocycles. The lowest BCUT2D eigenvalue weighted by Gasteiger charge is -2.11. The maximum absolute atomic E-state index is 13.4. The van der Waals surface area contributed by atoms with Gasteiger partial charge in [0.1, 0.15) is 16.5 Å². The van der Waals surface area contributed by atoms with Crippen LogP contribution < -0.4 is 21.5 Å². The number of nitrogens with zero attached hydrogens (tertiary/aromatic N) is 2. The van der Waals surface area contributed by atoms with Crippen molar-refractivity contribution in [1.29, 1.82) is 0 Å². The predicted molar refractivity (Wildman–Crippen MR) is 123 cm³/mol. The molecule has 174 valence electrons. The van der Waals surface area contributed by atoms with Crippen molar-refractivity contribution in [3.05, 3.63) is 64.8 Å². The van der Waals surface area contributed by atoms with Gasteiger partial charge in [-0.2, -0.15) is 13.4 Å². The van der Waals surface area contributed by atoms with Gasteiger partial charge in [0, 0.05) is 22.5 Å². The van der Waals surface area contributed by atoms with E-state index in [1.54, 1.807) is 24.3 Å². The molecule has 0 aliphatic heterocycles. The minimum Gasteiger partial charge on any atom is -0.494 e. The normalized spacial score (nSPS) is 11.2. The van der Waals surface area contributed by atoms with E-state index in [4.69, 9.17) is 16.2 Å². The number of hydrogen-bond acceptors (Lipinski definition) is 8. The van der Waals surface area contributed by atoms with E-state index in [0.717, 1.165) is 17.3 Å². The highest BCUT2D eigenvalue weighted by Gasteiger charge is 2.18. The van der Waals surface area contributed by atoms with Crippen molar-refractivity contribution in [2.45, 2.75) is 31.6 Å². The molecule has 5 N–H and O–H groups in total. The molecular formula is C22H24FN5O4S. The van der Waals surface area contributed by atoms with Crippen LogP contribution in [0.5, 0.6) is 5.75 Å². The quantitative estimate of drug-likeness (QED) is 0.333. The summed E-state index contributed by atoms with van der Waals surface area (Å²) in [6.45, 7) is 3.71. The lowest BCUT2D eigenvalue weighted by Crippen LogP contribution is -2.13. The Morgan fingerprint density at radius 3 is 2.42 bits per heavy atom. The lowest BCUT2D eigenvalue weighted by molar-refractivity contribution is 0.102. The molecule has 0 unspecified atom stereocenters. The highest BCUT2D eigenvalue weighted by Crippen LogP contribution is 2.22. The van der Waals surface area contributed by atoms with E-state index in [0.29, 0.717) is 36.7 Å². The van der Waals surface area contributed by atoms with Crippen molar-refractivity contribution in [2.24, 2.45) is 0 Å². The number of halogens is 1. The number of aromatic nitrogens is 2. The largest absolute Gasteiger partial charge is 0.494 e. The molecule has 0 atom stereocenters. The van der Waals surface area contributed by atoms with Gasteiger partial charge in [-0.3, -0.25) is 4.79 Å². The molecule has 11 heteroatoms. The molecule has 0 fully saturated rings. The van der Waals surface area contributed by atoms with Gasteiger partial charge in [-0.05, 0) is 68.7 Å². The fraction of sp³-hybridized carbons (Fsp3) is 0.227. The third-order valence-electron chi connectivity index (χ3n) is 4.93. The molecule has 3 rings (SSSR count). The molecule has 33 heavy (non-hydrogen) atoms. The van der Waals surface area contributed by atoms with E-state index in [1.165, 1.54) is 19.1 Å². The van der Waals surface area contributed by atoms with Crippen molar-refractivity contribution >= 4 is 33.6 Å². The molecule has 0 saturated heterocycles. The maximum Gasteiger partial charge on any atom is 0.332 e. The van der Waals surface area contributed by atoms with Crippen molar-refractivity contribution in [3.8, 4) is 5.75 Å². The Kier molecular flexibility index (Phi) is 7.12. The smallest absolute Gasteiger partial charge is 0.332 e. The maximum atomic E-state index is 13.4. The van der Waals surface area contributed by atoms with Gasteiger partial charge in [-0.25, -0.2) is 4.98 Å². The number of nitrogens with two attached hydrogens (primary N) is 2. The van der Waals surface area contributed by atoms with Crippen molar-refractivity contribution in [1.82, 2.24) is 9.97 Å². The topological polar surface area (TPSA) is 150 Å². The molecule has 1 amide bonds. The number of aryl methyl sites for hydroxylation is 2. The predicted octanol–water partition coefficient (Wildman–Crippen LogP) is 3.18. The summed E-state index contributed by atoms with van der Waals surface area (Å²) in [5, 5.41) is 2.64. The zero-order valence-electron chi connectivity index (χ0n) is 18.1. The number of nitrogen functional groups attached to an aromatic ring is 2. The first kappa shape index (κ1) is 23.9. The van der Waals surface area contributed by atoms with E-state index in [9.17, 15) is 17.1 Å². The van der Waals surface area contributed by atoms with E-state index >= 15 is 0 Å². The SMILES string of the molecule is Cc1ccc(C(=O)Nc2ccc(OCCCc3c(C)nc(N)nc3N)cc2)cc1S(=O)(=O)F. The summed E-state index contributed by atoms with van der Waals surface area (Å²) in [7, 11) is -4.92. The highest BCUT2D eigenvalue weighted by atomic mass is 32.3. The molecular weight excluding hydrogens is 449 g/mol. The molecule has 0 spiro atoms. The van der Waals surface area contributed by atoms with E-state index in [1.807, 2.05) is 6.92 Å². The Hall–Kier alpha value is -3.73. The van der Waals surface area contributed by atoms with Crippen LogP contribution in [-0.4, -0.2) is 30.9 Å². The summed E-state index contributed by atoms with van der Waals surface area (Å²) in [6.07, 6.45) is 1.32. The Morgan fingerprint density at radius 1 is 1.09 bits per heavy atom. The summed E-state index contributed by atoms with van der Waals surface area (Å²) in [5.41, 5.74) is 13.8. The van der Waals surface area contributed by atoms with Gasteiger partial charge < -0.3 is 21.5 Å². The van der Waals surface area contributed by atoms with Crippen LogP contribution in [0.1, 0.15) is 33.6 Å². The van der Waals surface area contributed by atoms with Gasteiger partial charge in [0.15, 0.2) is 0 Å². The Bertz CT molecular complexity index is 1260. The number of nitrogens with one attached hydrogen (secondary N) is 1. The zero-order valence-corrected chi connectivity index (χ0v) is 18.9. The minimum atomic E-state index is -4.92. The lowest BCUT2D eigenvalue weighted by atomic mass is 10.1. The summed E-state index contributed by atoms with van der Waals surface area (Å²) >= 11 is 0. The monoisotopic (exact) mass is 473 g/mol. The van der Waals surface area contributed by atoms with Crippen LogP contribution >= 0.6 is 0 Å². The van der Waals surface area contributed by atoms with E-state index in [2.05, 4.69) is 15.3 Å². The molecule has 0 radical (unpaired) electrons. The van der Waals surface area contributed by atoms with Gasteiger partial charge in [-0.1, -0.05) is 6.07 Å². The van der Waals surface area contributed by atoms with E-state index < -0.39 is 21.0 Å². The van der Waals surface area contributed by atoms with Crippen LogP contribution in [0.4, 0.5) is 21.3 Å². The number of hydrogen-bond donors (Lipinski definition) is 3. The Balaban J connectivity index is 1.55. The Labute approximate surface area is 191 Å². The van der Waals surface area contributed by atoms with Gasteiger partial charge in [-0.15, -0.1) is 3.89 Å². The standard InChI is InChI=1S/C22H24FN5O4S/c1-13-5-6-15(12-19(13)33(23,30)31)21(29)27-16-7-9-17(10-8-16)32-11-3-4-18-14(2)26-22(25)28-20(18)24/h5-10,12H,3-4,11H2,1-2H3,(H,27,29)(H4,24,25,26,28). The van der Waals surface area contributed by atoms with Gasteiger partial charge in [0.05, 0.1) is 6.61 Å². The Morgan fingerprint density at radius 2 is 1.79 bits per heavy atom. The van der Waals surface area contributed by atoms with Gasteiger partial charge in [0.25, 0.3) is 5.91 Å². The molecule has 0 bridgehead atoms. The summed E-state index contributed by atoms with van der Waals surface area (Å²) in [5.74, 6) is 0.553. The van der Waals surface area contributed by atoms with Gasteiger partial charge >= 0.3 is 10.2 Å². The number of anilines is 3. The fourth-order valence-electron chi connectivity index (χ4n) is 3.23. The second-order valence-corrected chi connectivity index (χ2v) is 8.70. The minimum absolute atomic E-state index is 0.0263. The van der Waals surface area contributed by atoms with Crippen molar-refractivity contribution in [2.75, 3.05) is 23.4 Å². The molecule has 3 aromatic rings. The molecule has 9 nitrogen and oxygen atoms in total. The van der Waals surface area contributed by atoms with Crippen LogP contribution in [0.15, 0.2) is 47.4 Å². The van der Waals surface area contributed by atoms with Crippen molar-refractivity contribution in [3.63, 3.8) is 0 Å². The number of ether oxygens (including phenoxy) is 1. The van der Waals surface area contributed by atoms with Crippen molar-refractivity contribution < 1.29 is 21.8 Å². The molecule has 0 saturated carbocycles. The third-order valence-corrected chi connectivity index (χ3v) is 5.89. The summed E-state index contributed by atoms with van der Waals surface area (Å²) in [4.78, 5) is 20.0. The summed E-state index contributed by atoms with van der Waals surface area (Å²) < 4.78 is 41.6. The van der Waals surface area contributed by atoms with Crippen LogP contribution in [0, 0.1) is 13.8 Å². The first-order valence-corrected chi connectivity index (χ1v) is 11.4. The number of benzene rings is 2. The second kappa shape index (κ2) is 9.82. The summed E-state index contributed by atoms with van der Waals surface area (Å²) in [6, 6.07) is 10.5. The van der Waals surface area contributed by atoms with E-state index in [-0.39, 0.29) is 17.1 Å². The number of carbonyl (C=O) groups is 1. The molecule has 1 aromatic heterocycles. The number of carbonyl (C=O) groups excluding carboxylic acids is 1. The second-order valence-electron chi connectivity index (χ2n) is 7.38. The van der Waals surface area contributed by atoms with Crippen LogP contribution in [0.25, 0.3) is 0 Å². The number of amides is 1. The fourth-order valence-corrected chi connectivity index (χ4v) is 3.95. The average Bonchev–Trinajstić information content (AvgIpc) is 2.73. The average molecular weight is 474 g/mol. The molecule has 2 aromatic carbocycles. The molecule has 0 aliphatic rings. The zero-order chi connectivity index (χ0) is 24.2. The first-order chi connectivity index (χ1) is 15.5. The third kappa shape index (κ3) is 6.16. The molecule has 0 aliphatic carbocycles. The number of rotatable bonds is 8. The van der Waals surface area contributed by atoms with Crippen LogP contribution in [0.2, 0.25) is 0 Å². The van der Waals surface area contributed by atoms with Crippen LogP contribution in [0.3, 0.4) is 0 Å². The first-order valence-electron chi connectivity index (χ1n) is 10.0. The highest BCUT2D eigenvalue weighted by molar-refractivity contribution is 7.86. The van der Waals surface area contributed by atoms with Crippen LogP contribution in [-0.2, 0) is 16.6 Å². The van der Waals surface area contributed by atoms with Gasteiger partial charge in [0.2, 0.25) is 5.95 Å².